The van der Waals surface area contributed by atoms with Crippen molar-refractivity contribution >= 4 is 5.78 Å². The first-order valence-electron chi connectivity index (χ1n) is 8.53. The number of piperidine rings is 1. The number of ketones is 1. The maximum absolute atomic E-state index is 12.7. The number of nitrogens with zero attached hydrogens (tertiary/aromatic N) is 1. The van der Waals surface area contributed by atoms with Crippen molar-refractivity contribution in [2.24, 2.45) is 5.92 Å². The lowest BCUT2D eigenvalue weighted by Gasteiger charge is -2.28. The van der Waals surface area contributed by atoms with Crippen LogP contribution in [0, 0.1) is 5.92 Å². The lowest BCUT2D eigenvalue weighted by molar-refractivity contribution is 0.0883. The van der Waals surface area contributed by atoms with Gasteiger partial charge in [0.25, 0.3) is 0 Å². The second kappa shape index (κ2) is 6.04. The third-order valence-electron chi connectivity index (χ3n) is 4.78. The minimum atomic E-state index is -0.149. The van der Waals surface area contributed by atoms with Gasteiger partial charge in [-0.25, -0.2) is 0 Å². The molecule has 3 nitrogen and oxygen atoms in total. The third-order valence-corrected chi connectivity index (χ3v) is 4.78. The molecule has 3 heteroatoms. The molecule has 0 aromatic heterocycles. The largest absolute Gasteiger partial charge is 0.487 e. The fourth-order valence-corrected chi connectivity index (χ4v) is 3.66. The van der Waals surface area contributed by atoms with Gasteiger partial charge in [0, 0.05) is 24.4 Å². The summed E-state index contributed by atoms with van der Waals surface area (Å²) in [4.78, 5) is 15.1. The van der Waals surface area contributed by atoms with Crippen LogP contribution in [-0.4, -0.2) is 35.9 Å². The average Bonchev–Trinajstić information content (AvgIpc) is 2.80. The van der Waals surface area contributed by atoms with Crippen LogP contribution < -0.4 is 4.74 Å². The zero-order chi connectivity index (χ0) is 15.7. The van der Waals surface area contributed by atoms with Gasteiger partial charge < -0.3 is 9.64 Å². The van der Waals surface area contributed by atoms with Gasteiger partial charge in [0.2, 0.25) is 0 Å². The summed E-state index contributed by atoms with van der Waals surface area (Å²) in [5.74, 6) is 1.26. The van der Waals surface area contributed by atoms with Gasteiger partial charge in [-0.2, -0.15) is 0 Å². The Morgan fingerprint density at radius 3 is 2.73 bits per heavy atom. The number of benzene rings is 1. The number of fused-ring (bicyclic) bond motifs is 1. The zero-order valence-electron chi connectivity index (χ0n) is 14.0. The SMILES string of the molecule is CC(CN1CCCCC1)C(=O)c1ccc2c(c1)CC(C)(C)O2. The minimum Gasteiger partial charge on any atom is -0.487 e. The Morgan fingerprint density at radius 1 is 1.27 bits per heavy atom. The fourth-order valence-electron chi connectivity index (χ4n) is 3.66. The molecular weight excluding hydrogens is 274 g/mol. The quantitative estimate of drug-likeness (QED) is 0.794. The first-order chi connectivity index (χ1) is 10.4. The summed E-state index contributed by atoms with van der Waals surface area (Å²) < 4.78 is 5.89. The second-order valence-electron chi connectivity index (χ2n) is 7.49. The molecule has 2 aliphatic heterocycles. The van der Waals surface area contributed by atoms with E-state index in [-0.39, 0.29) is 17.3 Å². The van der Waals surface area contributed by atoms with Gasteiger partial charge in [-0.05, 0) is 63.5 Å². The molecule has 1 atom stereocenters. The van der Waals surface area contributed by atoms with Crippen molar-refractivity contribution in [2.75, 3.05) is 19.6 Å². The molecule has 120 valence electrons. The van der Waals surface area contributed by atoms with Gasteiger partial charge in [0.1, 0.15) is 11.4 Å². The maximum atomic E-state index is 12.7. The predicted molar refractivity (Wildman–Crippen MR) is 88.6 cm³/mol. The molecule has 22 heavy (non-hydrogen) atoms. The molecule has 2 aliphatic rings. The number of rotatable bonds is 4. The van der Waals surface area contributed by atoms with Crippen molar-refractivity contribution in [2.45, 2.75) is 52.1 Å². The number of carbonyl (C=O) groups is 1. The topological polar surface area (TPSA) is 29.5 Å². The standard InChI is InChI=1S/C19H27NO2/c1-14(13-20-9-5-4-6-10-20)18(21)15-7-8-17-16(11-15)12-19(2,3)22-17/h7-8,11,14H,4-6,9-10,12-13H2,1-3H3. The molecule has 1 aromatic rings. The highest BCUT2D eigenvalue weighted by Crippen LogP contribution is 2.35. The number of hydrogen-bond donors (Lipinski definition) is 0. The Kier molecular flexibility index (Phi) is 4.26. The maximum Gasteiger partial charge on any atom is 0.166 e. The van der Waals surface area contributed by atoms with E-state index in [0.29, 0.717) is 0 Å². The van der Waals surface area contributed by atoms with Gasteiger partial charge in [-0.3, -0.25) is 4.79 Å². The van der Waals surface area contributed by atoms with Crippen molar-refractivity contribution < 1.29 is 9.53 Å². The molecule has 1 unspecified atom stereocenters. The van der Waals surface area contributed by atoms with Crippen LogP contribution in [0.3, 0.4) is 0 Å². The van der Waals surface area contributed by atoms with Gasteiger partial charge in [-0.15, -0.1) is 0 Å². The van der Waals surface area contributed by atoms with E-state index in [2.05, 4.69) is 25.7 Å². The Hall–Kier alpha value is -1.35. The predicted octanol–water partition coefficient (Wildman–Crippen LogP) is 3.70. The summed E-state index contributed by atoms with van der Waals surface area (Å²) >= 11 is 0. The second-order valence-corrected chi connectivity index (χ2v) is 7.49. The summed E-state index contributed by atoms with van der Waals surface area (Å²) in [6, 6.07) is 5.93. The van der Waals surface area contributed by atoms with E-state index in [4.69, 9.17) is 4.74 Å². The van der Waals surface area contributed by atoms with Crippen LogP contribution in [0.5, 0.6) is 5.75 Å². The van der Waals surface area contributed by atoms with E-state index in [1.165, 1.54) is 24.8 Å². The van der Waals surface area contributed by atoms with Crippen LogP contribution in [0.25, 0.3) is 0 Å². The van der Waals surface area contributed by atoms with E-state index < -0.39 is 0 Å². The number of carbonyl (C=O) groups excluding carboxylic acids is 1. The van der Waals surface area contributed by atoms with E-state index >= 15 is 0 Å². The van der Waals surface area contributed by atoms with Crippen LogP contribution in [0.4, 0.5) is 0 Å². The minimum absolute atomic E-state index is 0.0616. The van der Waals surface area contributed by atoms with Crippen LogP contribution in [0.1, 0.15) is 56.0 Å². The lowest BCUT2D eigenvalue weighted by Crippen LogP contribution is -2.35. The van der Waals surface area contributed by atoms with Crippen molar-refractivity contribution in [1.29, 1.82) is 0 Å². The number of hydrogen-bond acceptors (Lipinski definition) is 3. The van der Waals surface area contributed by atoms with Crippen LogP contribution >= 0.6 is 0 Å². The number of ether oxygens (including phenoxy) is 1. The fraction of sp³-hybridized carbons (Fsp3) is 0.632. The highest BCUT2D eigenvalue weighted by Gasteiger charge is 2.31. The Bertz CT molecular complexity index is 559. The smallest absolute Gasteiger partial charge is 0.166 e. The monoisotopic (exact) mass is 301 g/mol. The summed E-state index contributed by atoms with van der Waals surface area (Å²) in [7, 11) is 0. The summed E-state index contributed by atoms with van der Waals surface area (Å²) in [6.45, 7) is 9.41. The van der Waals surface area contributed by atoms with Crippen LogP contribution in [0.2, 0.25) is 0 Å². The van der Waals surface area contributed by atoms with E-state index in [0.717, 1.165) is 37.4 Å². The average molecular weight is 301 g/mol. The molecule has 1 aromatic carbocycles. The Labute approximate surface area is 133 Å². The zero-order valence-corrected chi connectivity index (χ0v) is 14.0. The van der Waals surface area contributed by atoms with Gasteiger partial charge in [0.05, 0.1) is 0 Å². The third kappa shape index (κ3) is 3.35. The summed E-state index contributed by atoms with van der Waals surface area (Å²) in [6.07, 6.45) is 4.75. The number of likely N-dealkylation sites (tertiary alicyclic amines) is 1. The molecule has 0 amide bonds. The van der Waals surface area contributed by atoms with Gasteiger partial charge >= 0.3 is 0 Å². The van der Waals surface area contributed by atoms with E-state index in [1.807, 2.05) is 18.2 Å². The lowest BCUT2D eigenvalue weighted by atomic mass is 9.94. The molecule has 1 fully saturated rings. The van der Waals surface area contributed by atoms with Crippen LogP contribution in [-0.2, 0) is 6.42 Å². The first-order valence-corrected chi connectivity index (χ1v) is 8.53. The number of Topliss-reactive ketones (excluding diaryl/α,β-unsaturated/α-hetero) is 1. The molecule has 3 rings (SSSR count). The Balaban J connectivity index is 1.67. The molecule has 0 N–H and O–H groups in total. The van der Waals surface area contributed by atoms with Crippen molar-refractivity contribution in [3.8, 4) is 5.75 Å². The van der Waals surface area contributed by atoms with Gasteiger partial charge in [-0.1, -0.05) is 13.3 Å². The first kappa shape index (κ1) is 15.5. The molecule has 0 saturated carbocycles. The van der Waals surface area contributed by atoms with E-state index in [9.17, 15) is 4.79 Å². The van der Waals surface area contributed by atoms with Crippen molar-refractivity contribution in [1.82, 2.24) is 4.90 Å². The summed E-state index contributed by atoms with van der Waals surface area (Å²) in [5, 5.41) is 0. The highest BCUT2D eigenvalue weighted by molar-refractivity contribution is 5.98. The normalized spacial score (nSPS) is 22.0. The molecule has 1 saturated heterocycles. The molecule has 0 bridgehead atoms. The molecule has 0 aliphatic carbocycles. The van der Waals surface area contributed by atoms with Crippen LogP contribution in [0.15, 0.2) is 18.2 Å². The molecule has 0 spiro atoms. The molecule has 2 heterocycles. The van der Waals surface area contributed by atoms with Crippen molar-refractivity contribution in [3.05, 3.63) is 29.3 Å². The van der Waals surface area contributed by atoms with Crippen molar-refractivity contribution in [3.63, 3.8) is 0 Å². The molecular formula is C19H27NO2. The highest BCUT2D eigenvalue weighted by atomic mass is 16.5. The Morgan fingerprint density at radius 2 is 2.00 bits per heavy atom. The summed E-state index contributed by atoms with van der Waals surface area (Å²) in [5.41, 5.74) is 1.86. The van der Waals surface area contributed by atoms with Gasteiger partial charge in [0.15, 0.2) is 5.78 Å². The molecule has 0 radical (unpaired) electrons. The van der Waals surface area contributed by atoms with E-state index in [1.54, 1.807) is 0 Å².